The average molecular weight is 610 g/mol. The molecule has 1 amide bonds. The highest BCUT2D eigenvalue weighted by atomic mass is 35.5. The van der Waals surface area contributed by atoms with Crippen LogP contribution in [-0.4, -0.2) is 38.8 Å². The third-order valence-electron chi connectivity index (χ3n) is 8.02. The van der Waals surface area contributed by atoms with E-state index in [0.717, 1.165) is 18.4 Å². The number of aromatic amines is 1. The van der Waals surface area contributed by atoms with Gasteiger partial charge in [0.15, 0.2) is 6.10 Å². The first kappa shape index (κ1) is 28.9. The minimum absolute atomic E-state index is 0.00543. The van der Waals surface area contributed by atoms with E-state index in [0.29, 0.717) is 52.6 Å². The molecule has 7 nitrogen and oxygen atoms in total. The fourth-order valence-electron chi connectivity index (χ4n) is 5.69. The van der Waals surface area contributed by atoms with Crippen LogP contribution in [0.5, 0.6) is 5.75 Å². The summed E-state index contributed by atoms with van der Waals surface area (Å²) in [4.78, 5) is 36.1. The normalized spacial score (nSPS) is 16.6. The van der Waals surface area contributed by atoms with Gasteiger partial charge >= 0.3 is 6.36 Å². The van der Waals surface area contributed by atoms with Gasteiger partial charge in [0.2, 0.25) is 0 Å². The first-order valence-corrected chi connectivity index (χ1v) is 14.2. The van der Waals surface area contributed by atoms with Crippen LogP contribution in [-0.2, 0) is 23.2 Å². The molecule has 1 fully saturated rings. The number of nitrogens with zero attached hydrogens (tertiary/aromatic N) is 2. The minimum atomic E-state index is -4.83. The van der Waals surface area contributed by atoms with Crippen molar-refractivity contribution in [2.75, 3.05) is 6.54 Å². The number of hydrogen-bond donors (Lipinski definition) is 2. The summed E-state index contributed by atoms with van der Waals surface area (Å²) in [6, 6.07) is 19.4. The van der Waals surface area contributed by atoms with Gasteiger partial charge in [-0.2, -0.15) is 0 Å². The molecule has 1 aliphatic heterocycles. The number of aryl methyl sites for hydroxylation is 1. The first-order valence-electron chi connectivity index (χ1n) is 13.8. The number of amides is 1. The Morgan fingerprint density at radius 2 is 1.77 bits per heavy atom. The molecule has 43 heavy (non-hydrogen) atoms. The molecule has 1 saturated carbocycles. The molecule has 0 saturated heterocycles. The maximum absolute atomic E-state index is 13.5. The van der Waals surface area contributed by atoms with Crippen molar-refractivity contribution in [1.29, 1.82) is 0 Å². The highest BCUT2D eigenvalue weighted by Gasteiger charge is 2.49. The third kappa shape index (κ3) is 6.03. The van der Waals surface area contributed by atoms with Crippen LogP contribution in [0.25, 0.3) is 11.1 Å². The molecule has 2 heterocycles. The number of carbonyl (C=O) groups excluding carboxylic acids is 1. The Balaban J connectivity index is 1.22. The van der Waals surface area contributed by atoms with Crippen LogP contribution in [0.1, 0.15) is 53.6 Å². The van der Waals surface area contributed by atoms with Crippen LogP contribution in [0.2, 0.25) is 5.02 Å². The predicted octanol–water partition coefficient (Wildman–Crippen LogP) is 6.08. The molecule has 11 heteroatoms. The van der Waals surface area contributed by atoms with Crippen LogP contribution in [0, 0.1) is 0 Å². The number of alkyl halides is 3. The summed E-state index contributed by atoms with van der Waals surface area (Å²) in [5, 5.41) is 11.7. The molecule has 0 bridgehead atoms. The zero-order valence-electron chi connectivity index (χ0n) is 22.8. The summed E-state index contributed by atoms with van der Waals surface area (Å²) in [5.41, 5.74) is 2.52. The minimum Gasteiger partial charge on any atom is -0.406 e. The van der Waals surface area contributed by atoms with Crippen LogP contribution >= 0.6 is 11.6 Å². The molecule has 2 aliphatic rings. The van der Waals surface area contributed by atoms with E-state index >= 15 is 0 Å². The molecule has 4 aromatic rings. The number of H-pyrrole nitrogens is 1. The number of halogens is 4. The number of fused-ring (bicyclic) bond motifs is 1. The number of ether oxygens (including phenoxy) is 1. The van der Waals surface area contributed by atoms with Crippen molar-refractivity contribution in [3.8, 4) is 16.9 Å². The molecule has 1 aliphatic carbocycles. The van der Waals surface area contributed by atoms with Gasteiger partial charge in [0.25, 0.3) is 11.5 Å². The zero-order valence-corrected chi connectivity index (χ0v) is 23.6. The average Bonchev–Trinajstić information content (AvgIpc) is 3.81. The summed E-state index contributed by atoms with van der Waals surface area (Å²) in [5.74, 6) is -0.363. The number of carbonyl (C=O) groups is 1. The van der Waals surface area contributed by atoms with Gasteiger partial charge in [0.1, 0.15) is 11.6 Å². The molecule has 2 N–H and O–H groups in total. The van der Waals surface area contributed by atoms with Crippen molar-refractivity contribution < 1.29 is 27.8 Å². The summed E-state index contributed by atoms with van der Waals surface area (Å²) in [6.07, 6.45) is -3.64. The topological polar surface area (TPSA) is 95.5 Å². The smallest absolute Gasteiger partial charge is 0.406 e. The molecular formula is C32H27ClF3N3O4. The first-order chi connectivity index (χ1) is 20.5. The molecule has 0 radical (unpaired) electrons. The van der Waals surface area contributed by atoms with E-state index in [1.807, 2.05) is 18.2 Å². The van der Waals surface area contributed by atoms with Gasteiger partial charge in [0.05, 0.1) is 23.2 Å². The maximum Gasteiger partial charge on any atom is 0.573 e. The number of hydrogen-bond acceptors (Lipinski definition) is 5. The number of rotatable bonds is 6. The molecule has 0 spiro atoms. The fraction of sp³-hybridized carbons (Fsp3) is 0.281. The predicted molar refractivity (Wildman–Crippen MR) is 154 cm³/mol. The van der Waals surface area contributed by atoms with Crippen molar-refractivity contribution in [1.82, 2.24) is 14.9 Å². The quantitative estimate of drug-likeness (QED) is 0.276. The summed E-state index contributed by atoms with van der Waals surface area (Å²) in [7, 11) is 0. The molecule has 3 aromatic carbocycles. The van der Waals surface area contributed by atoms with Gasteiger partial charge in [-0.15, -0.1) is 13.2 Å². The van der Waals surface area contributed by atoms with E-state index in [9.17, 15) is 27.9 Å². The third-order valence-corrected chi connectivity index (χ3v) is 8.26. The van der Waals surface area contributed by atoms with E-state index in [1.54, 1.807) is 36.4 Å². The summed E-state index contributed by atoms with van der Waals surface area (Å²) in [6.45, 7) is 0.311. The lowest BCUT2D eigenvalue weighted by molar-refractivity contribution is -0.274. The Hall–Kier alpha value is -4.15. The van der Waals surface area contributed by atoms with E-state index in [-0.39, 0.29) is 28.8 Å². The molecule has 1 atom stereocenters. The lowest BCUT2D eigenvalue weighted by atomic mass is 9.94. The Labute approximate surface area is 249 Å². The molecule has 0 unspecified atom stereocenters. The van der Waals surface area contributed by atoms with Crippen molar-refractivity contribution in [2.45, 2.75) is 50.1 Å². The Bertz CT molecular complexity index is 1750. The van der Waals surface area contributed by atoms with Gasteiger partial charge in [-0.3, -0.25) is 9.59 Å². The number of aromatic nitrogens is 2. The molecular weight excluding hydrogens is 583 g/mol. The summed E-state index contributed by atoms with van der Waals surface area (Å²) < 4.78 is 42.1. The zero-order chi connectivity index (χ0) is 30.4. The second kappa shape index (κ2) is 11.2. The molecule has 1 aromatic heterocycles. The highest BCUT2D eigenvalue weighted by Crippen LogP contribution is 2.52. The Kier molecular flexibility index (Phi) is 7.52. The van der Waals surface area contributed by atoms with Crippen LogP contribution in [0.3, 0.4) is 0 Å². The second-order valence-corrected chi connectivity index (χ2v) is 11.3. The summed E-state index contributed by atoms with van der Waals surface area (Å²) >= 11 is 6.22. The standard InChI is InChI=1S/C32H27ClF3N3O4/c33-23-9-3-8-22(17-23)31(12-13-31)30-37-26-11-4-14-39(18-25(26)28(41)38-30)29(42)27(40)21-7-1-5-19(15-21)20-6-2-10-24(16-20)43-32(34,35)36/h1-3,5-10,15-17,27,40H,4,11-14,18H2,(H,37,38,41)/t27-/m1/s1. The number of aliphatic hydroxyl groups excluding tert-OH is 1. The van der Waals surface area contributed by atoms with Crippen molar-refractivity contribution in [3.63, 3.8) is 0 Å². The molecule has 6 rings (SSSR count). The number of aliphatic hydroxyl groups is 1. The van der Waals surface area contributed by atoms with Gasteiger partial charge in [-0.05, 0) is 78.3 Å². The van der Waals surface area contributed by atoms with Crippen molar-refractivity contribution in [3.05, 3.63) is 116 Å². The Morgan fingerprint density at radius 3 is 2.49 bits per heavy atom. The number of benzene rings is 3. The van der Waals surface area contributed by atoms with Crippen LogP contribution < -0.4 is 10.3 Å². The van der Waals surface area contributed by atoms with Crippen LogP contribution in [0.4, 0.5) is 13.2 Å². The number of nitrogens with one attached hydrogen (secondary N) is 1. The van der Waals surface area contributed by atoms with Gasteiger partial charge in [-0.1, -0.05) is 54.1 Å². The maximum atomic E-state index is 13.5. The van der Waals surface area contributed by atoms with Gasteiger partial charge in [0, 0.05) is 11.6 Å². The molecule has 222 valence electrons. The van der Waals surface area contributed by atoms with Gasteiger partial charge in [-0.25, -0.2) is 4.98 Å². The van der Waals surface area contributed by atoms with Gasteiger partial charge < -0.3 is 19.7 Å². The van der Waals surface area contributed by atoms with E-state index in [2.05, 4.69) is 9.72 Å². The highest BCUT2D eigenvalue weighted by molar-refractivity contribution is 6.30. The van der Waals surface area contributed by atoms with E-state index < -0.39 is 18.4 Å². The van der Waals surface area contributed by atoms with Crippen LogP contribution in [0.15, 0.2) is 77.6 Å². The lowest BCUT2D eigenvalue weighted by Crippen LogP contribution is -2.36. The van der Waals surface area contributed by atoms with E-state index in [1.165, 1.54) is 23.1 Å². The fourth-order valence-corrected chi connectivity index (χ4v) is 5.88. The van der Waals surface area contributed by atoms with Crippen molar-refractivity contribution in [2.24, 2.45) is 0 Å². The van der Waals surface area contributed by atoms with E-state index in [4.69, 9.17) is 16.6 Å². The SMILES string of the molecule is O=C([C@H](O)c1cccc(-c2cccc(OC(F)(F)F)c2)c1)N1CCCc2nc(C3(c4cccc(Cl)c4)CC3)[nH]c(=O)c2C1. The largest absolute Gasteiger partial charge is 0.573 e. The monoisotopic (exact) mass is 609 g/mol. The lowest BCUT2D eigenvalue weighted by Gasteiger charge is -2.24. The Morgan fingerprint density at radius 1 is 1.05 bits per heavy atom. The van der Waals surface area contributed by atoms with Crippen molar-refractivity contribution >= 4 is 17.5 Å². The second-order valence-electron chi connectivity index (χ2n) is 10.9.